The van der Waals surface area contributed by atoms with Crippen LogP contribution in [0.25, 0.3) is 5.69 Å². The van der Waals surface area contributed by atoms with Crippen molar-refractivity contribution in [2.75, 3.05) is 31.5 Å². The van der Waals surface area contributed by atoms with Gasteiger partial charge in [0.1, 0.15) is 11.4 Å². The number of carbonyl (C=O) groups is 2. The molecule has 2 fully saturated rings. The summed E-state index contributed by atoms with van der Waals surface area (Å²) in [7, 11) is 0. The number of Topliss-reactive ketones (excluding diaryl/α,β-unsaturated/α-hetero) is 1. The van der Waals surface area contributed by atoms with Gasteiger partial charge >= 0.3 is 0 Å². The lowest BCUT2D eigenvalue weighted by molar-refractivity contribution is -0.161. The number of ketones is 1. The fourth-order valence-electron chi connectivity index (χ4n) is 5.77. The predicted octanol–water partition coefficient (Wildman–Crippen LogP) is 4.30. The summed E-state index contributed by atoms with van der Waals surface area (Å²) < 4.78 is 2.83. The summed E-state index contributed by atoms with van der Waals surface area (Å²) in [6.07, 6.45) is 11.6. The van der Waals surface area contributed by atoms with Gasteiger partial charge in [-0.3, -0.25) is 19.6 Å². The number of aliphatic imine (C=N–C) groups is 1. The lowest BCUT2D eigenvalue weighted by atomic mass is 9.78. The number of aliphatic hydroxyl groups is 1. The summed E-state index contributed by atoms with van der Waals surface area (Å²) in [5.41, 5.74) is 2.64. The van der Waals surface area contributed by atoms with Crippen molar-refractivity contribution in [3.8, 4) is 5.69 Å². The first-order valence-corrected chi connectivity index (χ1v) is 15.4. The fourth-order valence-corrected chi connectivity index (χ4v) is 6.15. The Morgan fingerprint density at radius 2 is 1.93 bits per heavy atom. The Bertz CT molecular complexity index is 1460. The molecule has 42 heavy (non-hydrogen) atoms. The third kappa shape index (κ3) is 6.12. The molecular weight excluding hydrogens is 598 g/mol. The largest absolute Gasteiger partial charge is 0.380 e. The van der Waals surface area contributed by atoms with Crippen molar-refractivity contribution in [2.45, 2.75) is 57.0 Å². The maximum absolute atomic E-state index is 13.4. The number of hydrogen-bond acceptors (Lipinski definition) is 8. The van der Waals surface area contributed by atoms with Gasteiger partial charge in [-0.05, 0) is 57.2 Å². The van der Waals surface area contributed by atoms with E-state index in [1.807, 2.05) is 60.4 Å². The van der Waals surface area contributed by atoms with Crippen LogP contribution in [0.2, 0.25) is 0 Å². The van der Waals surface area contributed by atoms with Crippen molar-refractivity contribution < 1.29 is 14.7 Å². The maximum Gasteiger partial charge on any atom is 0.254 e. The molecule has 11 heteroatoms. The molecule has 220 valence electrons. The first-order chi connectivity index (χ1) is 20.3. The van der Waals surface area contributed by atoms with Gasteiger partial charge in [-0.1, -0.05) is 33.6 Å². The summed E-state index contributed by atoms with van der Waals surface area (Å²) >= 11 is 3.52. The highest BCUT2D eigenvalue weighted by Crippen LogP contribution is 2.36. The number of piperidine rings is 1. The van der Waals surface area contributed by atoms with Crippen LogP contribution in [-0.2, 0) is 9.59 Å². The molecule has 1 saturated heterocycles. The average Bonchev–Trinajstić information content (AvgIpc) is 3.27. The van der Waals surface area contributed by atoms with Crippen LogP contribution in [0, 0.1) is 12.8 Å². The molecule has 1 saturated carbocycles. The Morgan fingerprint density at radius 3 is 2.64 bits per heavy atom. The third-order valence-corrected chi connectivity index (χ3v) is 9.03. The second kappa shape index (κ2) is 12.0. The average molecular weight is 635 g/mol. The molecular formula is C31H36BrN7O3. The molecule has 4 heterocycles. The number of carbonyl (C=O) groups excluding carboxylic acids is 2. The van der Waals surface area contributed by atoms with Gasteiger partial charge in [0, 0.05) is 54.6 Å². The second-order valence-corrected chi connectivity index (χ2v) is 12.6. The highest BCUT2D eigenvalue weighted by atomic mass is 79.9. The zero-order chi connectivity index (χ0) is 29.3. The molecule has 2 N–H and O–H groups in total. The number of halogens is 1. The van der Waals surface area contributed by atoms with E-state index in [9.17, 15) is 14.7 Å². The van der Waals surface area contributed by atoms with Crippen molar-refractivity contribution in [1.29, 1.82) is 0 Å². The minimum atomic E-state index is -1.16. The molecule has 2 bridgehead atoms. The fraction of sp³-hybridized carbons (Fsp3) is 0.452. The van der Waals surface area contributed by atoms with E-state index in [1.165, 1.54) is 0 Å². The van der Waals surface area contributed by atoms with E-state index in [0.717, 1.165) is 52.2 Å². The predicted molar refractivity (Wildman–Crippen MR) is 166 cm³/mol. The van der Waals surface area contributed by atoms with Crippen LogP contribution in [0.5, 0.6) is 0 Å². The number of likely N-dealkylation sites (tertiary alicyclic amines) is 1. The molecule has 10 nitrogen and oxygen atoms in total. The monoisotopic (exact) mass is 633 g/mol. The standard InChI is InChI=1S/C31H36BrN7O3/c1-21-3-5-26(6-4-21)39-29(16-27(36-39)22-8-13-37(14-9-22)30(41)31(42)10-2-11-31)34-18-28(40)23-15-25-20-38(35-17-23)19-24(32)7-12-33-25/h3-6,12,15-17,19,22-23,34,42H,2,7-11,13-14,18,20H2,1H3/b24-19+,33-12?. The van der Waals surface area contributed by atoms with Crippen LogP contribution in [0.15, 0.2) is 62.9 Å². The van der Waals surface area contributed by atoms with Crippen LogP contribution >= 0.6 is 15.9 Å². The Balaban J connectivity index is 1.17. The minimum absolute atomic E-state index is 0.0189. The van der Waals surface area contributed by atoms with Gasteiger partial charge < -0.3 is 15.3 Å². The lowest BCUT2D eigenvalue weighted by Crippen LogP contribution is -2.54. The molecule has 6 rings (SSSR count). The number of aromatic nitrogens is 2. The maximum atomic E-state index is 13.4. The number of hydrogen-bond donors (Lipinski definition) is 2. The first-order valence-electron chi connectivity index (χ1n) is 14.6. The smallest absolute Gasteiger partial charge is 0.254 e. The van der Waals surface area contributed by atoms with Gasteiger partial charge in [0.15, 0.2) is 5.78 Å². The number of allylic oxidation sites excluding steroid dienone is 2. The number of nitrogens with one attached hydrogen (secondary N) is 1. The van der Waals surface area contributed by atoms with E-state index in [0.29, 0.717) is 38.9 Å². The van der Waals surface area contributed by atoms with Gasteiger partial charge in [0.05, 0.1) is 36.1 Å². The molecule has 4 aliphatic rings. The minimum Gasteiger partial charge on any atom is -0.380 e. The van der Waals surface area contributed by atoms with Crippen molar-refractivity contribution >= 4 is 45.9 Å². The van der Waals surface area contributed by atoms with E-state index in [1.54, 1.807) is 16.1 Å². The summed E-state index contributed by atoms with van der Waals surface area (Å²) in [5.74, 6) is 0.274. The molecule has 1 amide bonds. The Morgan fingerprint density at radius 1 is 1.17 bits per heavy atom. The van der Waals surface area contributed by atoms with Crippen LogP contribution in [0.4, 0.5) is 5.82 Å². The number of nitrogens with zero attached hydrogens (tertiary/aromatic N) is 6. The number of hydrazone groups is 1. The van der Waals surface area contributed by atoms with Gasteiger partial charge in [-0.15, -0.1) is 0 Å². The summed E-state index contributed by atoms with van der Waals surface area (Å²) in [6, 6.07) is 10.1. The molecule has 0 spiro atoms. The summed E-state index contributed by atoms with van der Waals surface area (Å²) in [5, 5.41) is 25.1. The van der Waals surface area contributed by atoms with Crippen molar-refractivity contribution in [3.05, 3.63) is 64.0 Å². The van der Waals surface area contributed by atoms with E-state index in [4.69, 9.17) is 5.10 Å². The second-order valence-electron chi connectivity index (χ2n) is 11.6. The SMILES string of the molecule is Cc1ccc(-n2nc(C3CCN(C(=O)C4(O)CCC4)CC3)cc2NCC(=O)C2C=NN3/C=C(/Br)CC=NC(=C2)C3)cc1. The quantitative estimate of drug-likeness (QED) is 0.470. The van der Waals surface area contributed by atoms with Crippen LogP contribution in [0.1, 0.15) is 55.7 Å². The number of rotatable bonds is 7. The van der Waals surface area contributed by atoms with Crippen molar-refractivity contribution in [2.24, 2.45) is 16.0 Å². The summed E-state index contributed by atoms with van der Waals surface area (Å²) in [6.45, 7) is 3.86. The van der Waals surface area contributed by atoms with Gasteiger partial charge in [-0.25, -0.2) is 4.68 Å². The number of fused-ring (bicyclic) bond motifs is 2. The Kier molecular flexibility index (Phi) is 8.13. The number of benzene rings is 1. The van der Waals surface area contributed by atoms with E-state index in [2.05, 4.69) is 31.3 Å². The van der Waals surface area contributed by atoms with E-state index >= 15 is 0 Å². The van der Waals surface area contributed by atoms with Gasteiger partial charge in [0.2, 0.25) is 0 Å². The van der Waals surface area contributed by atoms with E-state index < -0.39 is 11.5 Å². The Labute approximate surface area is 254 Å². The number of anilines is 1. The van der Waals surface area contributed by atoms with Crippen molar-refractivity contribution in [3.63, 3.8) is 0 Å². The van der Waals surface area contributed by atoms with Gasteiger partial charge in [0.25, 0.3) is 5.91 Å². The summed E-state index contributed by atoms with van der Waals surface area (Å²) in [4.78, 5) is 32.5. The van der Waals surface area contributed by atoms with E-state index in [-0.39, 0.29) is 24.2 Å². The van der Waals surface area contributed by atoms with Gasteiger partial charge in [-0.2, -0.15) is 10.2 Å². The molecule has 3 aliphatic heterocycles. The van der Waals surface area contributed by atoms with Crippen LogP contribution in [-0.4, -0.2) is 80.7 Å². The van der Waals surface area contributed by atoms with Crippen LogP contribution < -0.4 is 5.32 Å². The number of amides is 1. The molecule has 1 aromatic carbocycles. The van der Waals surface area contributed by atoms with Crippen LogP contribution in [0.3, 0.4) is 0 Å². The van der Waals surface area contributed by atoms with Crippen molar-refractivity contribution in [1.82, 2.24) is 19.7 Å². The highest BCUT2D eigenvalue weighted by molar-refractivity contribution is 9.11. The zero-order valence-electron chi connectivity index (χ0n) is 23.7. The molecule has 2 aromatic rings. The zero-order valence-corrected chi connectivity index (χ0v) is 25.3. The highest BCUT2D eigenvalue weighted by Gasteiger charge is 2.45. The Hall–Kier alpha value is -3.57. The molecule has 1 aromatic heterocycles. The topological polar surface area (TPSA) is 115 Å². The molecule has 1 atom stereocenters. The lowest BCUT2D eigenvalue weighted by Gasteiger charge is -2.41. The molecule has 1 unspecified atom stereocenters. The molecule has 0 radical (unpaired) electrons. The normalized spacial score (nSPS) is 23.2. The molecule has 1 aliphatic carbocycles. The third-order valence-electron chi connectivity index (χ3n) is 8.51. The number of aryl methyl sites for hydroxylation is 1. The first kappa shape index (κ1) is 28.5.